The molecule has 0 aliphatic carbocycles. The van der Waals surface area contributed by atoms with Crippen LogP contribution in [0.4, 0.5) is 34.5 Å². The fourth-order valence-electron chi connectivity index (χ4n) is 4.64. The van der Waals surface area contributed by atoms with Gasteiger partial charge in [0.15, 0.2) is 5.13 Å². The fraction of sp³-hybridized carbons (Fsp3) is 0.321. The summed E-state index contributed by atoms with van der Waals surface area (Å²) in [7, 11) is 3.06. The number of carbonyl (C=O) groups excluding carboxylic acids is 2. The number of aryl methyl sites for hydroxylation is 1. The zero-order valence-electron chi connectivity index (χ0n) is 23.6. The standard InChI is InChI=1S/C28H30F3N7O4S/c1-17-4-5-19(12-22(17)38-16-23(36(2)35-38)24-14-32-26(43-24)34-27(40)41-3)25(39)33-21-11-18(10-20(13-21)28(29,30)31)15-37-6-8-42-9-7-37/h4-5,10-14,16,35H,6-9,15H2,1-3H3,(H,33,39)(H,32,34,40). The summed E-state index contributed by atoms with van der Waals surface area (Å²) >= 11 is 1.25. The maximum Gasteiger partial charge on any atom is 0.416 e. The molecule has 2 aromatic carbocycles. The van der Waals surface area contributed by atoms with Crippen LogP contribution in [0.25, 0.3) is 5.70 Å². The predicted octanol–water partition coefficient (Wildman–Crippen LogP) is 4.90. The van der Waals surface area contributed by atoms with E-state index in [2.05, 4.69) is 25.9 Å². The maximum absolute atomic E-state index is 13.7. The lowest BCUT2D eigenvalue weighted by molar-refractivity contribution is -0.137. The molecule has 2 amide bonds. The third-order valence-electron chi connectivity index (χ3n) is 6.84. The Morgan fingerprint density at radius 1 is 1.14 bits per heavy atom. The van der Waals surface area contributed by atoms with Crippen LogP contribution in [0, 0.1) is 6.92 Å². The molecule has 3 aromatic rings. The van der Waals surface area contributed by atoms with Crippen molar-refractivity contribution in [1.29, 1.82) is 0 Å². The topological polar surface area (TPSA) is 111 Å². The number of rotatable bonds is 7. The Labute approximate surface area is 249 Å². The Hall–Kier alpha value is -4.18. The van der Waals surface area contributed by atoms with Crippen molar-refractivity contribution < 1.29 is 32.2 Å². The molecule has 5 rings (SSSR count). The van der Waals surface area contributed by atoms with Crippen LogP contribution in [0.3, 0.4) is 0 Å². The molecular formula is C28H30F3N7O4S. The zero-order valence-corrected chi connectivity index (χ0v) is 24.4. The van der Waals surface area contributed by atoms with Crippen molar-refractivity contribution in [3.05, 3.63) is 75.9 Å². The van der Waals surface area contributed by atoms with Gasteiger partial charge in [-0.15, -0.1) is 5.53 Å². The average Bonchev–Trinajstić information content (AvgIpc) is 3.59. The smallest absolute Gasteiger partial charge is 0.416 e. The van der Waals surface area contributed by atoms with Gasteiger partial charge < -0.3 is 14.8 Å². The molecule has 3 N–H and O–H groups in total. The van der Waals surface area contributed by atoms with Crippen LogP contribution in [0.1, 0.15) is 31.9 Å². The lowest BCUT2D eigenvalue weighted by Gasteiger charge is -2.27. The number of nitrogens with zero attached hydrogens (tertiary/aromatic N) is 4. The van der Waals surface area contributed by atoms with Crippen LogP contribution >= 0.6 is 11.3 Å². The molecule has 0 atom stereocenters. The number of methoxy groups -OCH3 is 1. The monoisotopic (exact) mass is 617 g/mol. The number of nitrogens with one attached hydrogen (secondary N) is 3. The minimum absolute atomic E-state index is 0.0630. The van der Waals surface area contributed by atoms with Crippen LogP contribution in [0.2, 0.25) is 0 Å². The van der Waals surface area contributed by atoms with Gasteiger partial charge in [0.1, 0.15) is 0 Å². The molecule has 1 saturated heterocycles. The first-order valence-corrected chi connectivity index (χ1v) is 14.1. The number of thiazole rings is 1. The van der Waals surface area contributed by atoms with E-state index in [-0.39, 0.29) is 11.3 Å². The van der Waals surface area contributed by atoms with E-state index in [0.717, 1.165) is 28.3 Å². The Bertz CT molecular complexity index is 1540. The van der Waals surface area contributed by atoms with Crippen molar-refractivity contribution >= 4 is 45.5 Å². The molecule has 15 heteroatoms. The lowest BCUT2D eigenvalue weighted by atomic mass is 10.1. The van der Waals surface area contributed by atoms with Gasteiger partial charge in [-0.2, -0.15) is 13.2 Å². The van der Waals surface area contributed by atoms with Crippen LogP contribution in [-0.4, -0.2) is 67.4 Å². The number of alkyl halides is 3. The van der Waals surface area contributed by atoms with Gasteiger partial charge in [0, 0.05) is 50.3 Å². The number of halogens is 3. The predicted molar refractivity (Wildman–Crippen MR) is 156 cm³/mol. The highest BCUT2D eigenvalue weighted by Crippen LogP contribution is 2.34. The number of hydrazine groups is 2. The number of ether oxygens (including phenoxy) is 2. The number of amides is 2. The zero-order chi connectivity index (χ0) is 30.7. The van der Waals surface area contributed by atoms with Crippen molar-refractivity contribution in [3.63, 3.8) is 0 Å². The van der Waals surface area contributed by atoms with Crippen molar-refractivity contribution in [2.24, 2.45) is 0 Å². The molecule has 2 aliphatic rings. The SMILES string of the molecule is COC(=O)Nc1ncc(C2=CN(c3cc(C(=O)Nc4cc(CN5CCOCC5)cc(C(F)(F)F)c4)ccc3C)NN2C)s1. The Morgan fingerprint density at radius 2 is 1.91 bits per heavy atom. The van der Waals surface area contributed by atoms with E-state index in [1.165, 1.54) is 18.4 Å². The summed E-state index contributed by atoms with van der Waals surface area (Å²) in [4.78, 5) is 31.8. The van der Waals surface area contributed by atoms with Gasteiger partial charge >= 0.3 is 12.3 Å². The molecule has 228 valence electrons. The van der Waals surface area contributed by atoms with E-state index in [1.54, 1.807) is 47.5 Å². The number of hydrogen-bond donors (Lipinski definition) is 3. The summed E-state index contributed by atoms with van der Waals surface area (Å²) in [5.41, 5.74) is 5.38. The second-order valence-corrected chi connectivity index (χ2v) is 11.0. The molecule has 2 aliphatic heterocycles. The maximum atomic E-state index is 13.7. The Kier molecular flexibility index (Phi) is 8.87. The van der Waals surface area contributed by atoms with Crippen LogP contribution in [0.5, 0.6) is 0 Å². The molecule has 0 radical (unpaired) electrons. The summed E-state index contributed by atoms with van der Waals surface area (Å²) in [6.07, 6.45) is -1.77. The highest BCUT2D eigenvalue weighted by atomic mass is 32.1. The molecule has 1 aromatic heterocycles. The highest BCUT2D eigenvalue weighted by Gasteiger charge is 2.32. The summed E-state index contributed by atoms with van der Waals surface area (Å²) in [5.74, 6) is -0.546. The molecular weight excluding hydrogens is 587 g/mol. The van der Waals surface area contributed by atoms with Crippen molar-refractivity contribution in [3.8, 4) is 0 Å². The van der Waals surface area contributed by atoms with E-state index < -0.39 is 23.7 Å². The summed E-state index contributed by atoms with van der Waals surface area (Å²) in [6.45, 7) is 4.47. The van der Waals surface area contributed by atoms with Crippen LogP contribution in [0.15, 0.2) is 48.8 Å². The molecule has 0 spiro atoms. The number of anilines is 3. The number of aromatic nitrogens is 1. The summed E-state index contributed by atoms with van der Waals surface area (Å²) in [6, 6.07) is 8.67. The molecule has 3 heterocycles. The normalized spacial score (nSPS) is 15.8. The first-order chi connectivity index (χ1) is 20.5. The Balaban J connectivity index is 1.36. The van der Waals surface area contributed by atoms with E-state index in [9.17, 15) is 22.8 Å². The average molecular weight is 618 g/mol. The number of carbonyl (C=O) groups is 2. The van der Waals surface area contributed by atoms with Crippen LogP contribution < -0.4 is 21.2 Å². The minimum Gasteiger partial charge on any atom is -0.453 e. The van der Waals surface area contributed by atoms with E-state index in [1.807, 2.05) is 18.0 Å². The van der Waals surface area contributed by atoms with Gasteiger partial charge in [0.2, 0.25) is 0 Å². The van der Waals surface area contributed by atoms with Crippen molar-refractivity contribution in [1.82, 2.24) is 20.4 Å². The quantitative estimate of drug-likeness (QED) is 0.341. The molecule has 1 fully saturated rings. The Morgan fingerprint density at radius 3 is 2.63 bits per heavy atom. The van der Waals surface area contributed by atoms with Crippen molar-refractivity contribution in [2.45, 2.75) is 19.6 Å². The van der Waals surface area contributed by atoms with Crippen molar-refractivity contribution in [2.75, 3.05) is 56.1 Å². The van der Waals surface area contributed by atoms with Gasteiger partial charge in [-0.1, -0.05) is 17.4 Å². The number of benzene rings is 2. The second kappa shape index (κ2) is 12.6. The van der Waals surface area contributed by atoms with Crippen LogP contribution in [-0.2, 0) is 22.2 Å². The number of morpholine rings is 1. The molecule has 0 saturated carbocycles. The summed E-state index contributed by atoms with van der Waals surface area (Å²) < 4.78 is 51.1. The highest BCUT2D eigenvalue weighted by molar-refractivity contribution is 7.16. The van der Waals surface area contributed by atoms with E-state index in [4.69, 9.17) is 4.74 Å². The molecule has 0 bridgehead atoms. The minimum atomic E-state index is -4.57. The first kappa shape index (κ1) is 30.3. The molecule has 43 heavy (non-hydrogen) atoms. The van der Waals surface area contributed by atoms with Gasteiger partial charge in [-0.25, -0.2) is 9.78 Å². The van der Waals surface area contributed by atoms with E-state index in [0.29, 0.717) is 49.2 Å². The van der Waals surface area contributed by atoms with Gasteiger partial charge in [0.05, 0.1) is 42.1 Å². The largest absolute Gasteiger partial charge is 0.453 e. The molecule has 11 nitrogen and oxygen atoms in total. The third-order valence-corrected chi connectivity index (χ3v) is 7.78. The first-order valence-electron chi connectivity index (χ1n) is 13.3. The van der Waals surface area contributed by atoms with Gasteiger partial charge in [-0.05, 0) is 48.4 Å². The second-order valence-electron chi connectivity index (χ2n) is 9.95. The number of hydrogen-bond acceptors (Lipinski definition) is 10. The third kappa shape index (κ3) is 7.25. The molecule has 0 unspecified atom stereocenters. The van der Waals surface area contributed by atoms with Gasteiger partial charge in [-0.3, -0.25) is 25.0 Å². The fourth-order valence-corrected chi connectivity index (χ4v) is 5.49. The lowest BCUT2D eigenvalue weighted by Crippen LogP contribution is -2.38. The van der Waals surface area contributed by atoms with Gasteiger partial charge in [0.25, 0.3) is 5.91 Å². The summed E-state index contributed by atoms with van der Waals surface area (Å²) in [5, 5.41) is 9.02. The van der Waals surface area contributed by atoms with E-state index >= 15 is 0 Å².